The van der Waals surface area contributed by atoms with E-state index in [0.29, 0.717) is 24.6 Å². The van der Waals surface area contributed by atoms with Crippen LogP contribution in [0.15, 0.2) is 30.5 Å². The zero-order valence-electron chi connectivity index (χ0n) is 21.5. The van der Waals surface area contributed by atoms with Gasteiger partial charge >= 0.3 is 6.18 Å². The average molecular weight is 520 g/mol. The molecule has 4 rings (SSSR count). The Morgan fingerprint density at radius 2 is 1.84 bits per heavy atom. The Morgan fingerprint density at radius 3 is 2.49 bits per heavy atom. The minimum absolute atomic E-state index is 0.0415. The van der Waals surface area contributed by atoms with Crippen LogP contribution >= 0.6 is 0 Å². The fraction of sp³-hybridized carbons (Fsp3) is 0.577. The minimum atomic E-state index is -4.63. The van der Waals surface area contributed by atoms with Gasteiger partial charge in [0.1, 0.15) is 11.4 Å². The number of amides is 1. The van der Waals surface area contributed by atoms with Crippen molar-refractivity contribution in [3.05, 3.63) is 36.0 Å². The van der Waals surface area contributed by atoms with Crippen molar-refractivity contribution in [2.75, 3.05) is 35.6 Å². The van der Waals surface area contributed by atoms with Gasteiger partial charge in [0.05, 0.1) is 5.92 Å². The van der Waals surface area contributed by atoms with E-state index in [-0.39, 0.29) is 23.7 Å². The third-order valence-electron chi connectivity index (χ3n) is 6.93. The predicted octanol–water partition coefficient (Wildman–Crippen LogP) is 4.85. The molecule has 1 saturated carbocycles. The summed E-state index contributed by atoms with van der Waals surface area (Å²) >= 11 is 0. The topological polar surface area (TPSA) is 94.2 Å². The van der Waals surface area contributed by atoms with Gasteiger partial charge < -0.3 is 26.2 Å². The second-order valence-electron chi connectivity index (χ2n) is 10.1. The first-order chi connectivity index (χ1) is 17.6. The van der Waals surface area contributed by atoms with Gasteiger partial charge in [-0.1, -0.05) is 13.3 Å². The molecule has 1 aromatic heterocycles. The number of hydrogen-bond donors (Lipinski definition) is 4. The second kappa shape index (κ2) is 11.5. The molecule has 0 spiro atoms. The van der Waals surface area contributed by atoms with Crippen LogP contribution in [0.5, 0.6) is 0 Å². The van der Waals surface area contributed by atoms with Crippen LogP contribution in [-0.4, -0.2) is 58.5 Å². The van der Waals surface area contributed by atoms with Crippen LogP contribution in [-0.2, 0) is 11.0 Å². The maximum atomic E-state index is 13.7. The summed E-state index contributed by atoms with van der Waals surface area (Å²) in [7, 11) is 0. The average Bonchev–Trinajstić information content (AvgIpc) is 3.49. The van der Waals surface area contributed by atoms with E-state index < -0.39 is 23.7 Å². The number of hydrogen-bond acceptors (Lipinski definition) is 7. The first-order valence-electron chi connectivity index (χ1n) is 13.0. The molecule has 3 atom stereocenters. The number of anilines is 4. The Hall–Kier alpha value is -3.08. The maximum absolute atomic E-state index is 13.7. The van der Waals surface area contributed by atoms with Crippen molar-refractivity contribution < 1.29 is 18.0 Å². The molecule has 4 N–H and O–H groups in total. The number of likely N-dealkylation sites (tertiary alicyclic amines) is 1. The van der Waals surface area contributed by atoms with Crippen molar-refractivity contribution in [3.8, 4) is 0 Å². The molecule has 1 unspecified atom stereocenters. The van der Waals surface area contributed by atoms with E-state index in [9.17, 15) is 18.0 Å². The van der Waals surface area contributed by atoms with Gasteiger partial charge in [0.25, 0.3) is 0 Å². The fourth-order valence-corrected chi connectivity index (χ4v) is 5.03. The monoisotopic (exact) mass is 519 g/mol. The molecule has 8 nitrogen and oxygen atoms in total. The molecule has 202 valence electrons. The number of alkyl halides is 3. The number of aromatic nitrogens is 2. The zero-order valence-corrected chi connectivity index (χ0v) is 21.5. The molecule has 1 aromatic carbocycles. The molecule has 11 heteroatoms. The number of rotatable bonds is 9. The lowest BCUT2D eigenvalue weighted by atomic mass is 10.0. The highest BCUT2D eigenvalue weighted by Gasteiger charge is 2.39. The molecule has 1 aliphatic heterocycles. The van der Waals surface area contributed by atoms with Crippen molar-refractivity contribution in [2.45, 2.75) is 70.8 Å². The highest BCUT2D eigenvalue weighted by Crippen LogP contribution is 2.37. The van der Waals surface area contributed by atoms with E-state index in [4.69, 9.17) is 0 Å². The van der Waals surface area contributed by atoms with E-state index in [1.165, 1.54) is 0 Å². The Bertz CT molecular complexity index is 1060. The Labute approximate surface area is 215 Å². The zero-order chi connectivity index (χ0) is 26.6. The van der Waals surface area contributed by atoms with E-state index in [2.05, 4.69) is 43.1 Å². The lowest BCUT2D eigenvalue weighted by molar-refractivity contribution is -0.137. The molecule has 2 fully saturated rings. The highest BCUT2D eigenvalue weighted by atomic mass is 19.4. The molecule has 2 aromatic rings. The summed E-state index contributed by atoms with van der Waals surface area (Å²) in [5.41, 5.74) is 0.689. The quantitative estimate of drug-likeness (QED) is 0.376. The van der Waals surface area contributed by atoms with Crippen molar-refractivity contribution in [1.82, 2.24) is 20.2 Å². The van der Waals surface area contributed by atoms with E-state index >= 15 is 0 Å². The Balaban J connectivity index is 1.46. The summed E-state index contributed by atoms with van der Waals surface area (Å²) in [6.07, 6.45) is -0.800. The van der Waals surface area contributed by atoms with Crippen LogP contribution in [0.2, 0.25) is 0 Å². The highest BCUT2D eigenvalue weighted by molar-refractivity contribution is 5.80. The van der Waals surface area contributed by atoms with Crippen LogP contribution in [0.25, 0.3) is 0 Å². The standard InChI is InChI=1S/C26H36F3N7O/c1-4-36-13-12-19(15-36)32-17-8-10-18(11-9-17)33-25-30-14-21(26(27,28)29)23(35-25)34-22-7-5-6-20(22)24(37)31-16(2)3/h8-11,14,16,19-20,22,32H,4-7,12-13,15H2,1-3H3,(H,31,37)(H2,30,33,34,35)/t19?,20-,22+/m0/s1. The predicted molar refractivity (Wildman–Crippen MR) is 139 cm³/mol. The Morgan fingerprint density at radius 1 is 1.11 bits per heavy atom. The number of carbonyl (C=O) groups is 1. The summed E-state index contributed by atoms with van der Waals surface area (Å²) in [5, 5.41) is 12.3. The molecule has 37 heavy (non-hydrogen) atoms. The van der Waals surface area contributed by atoms with Gasteiger partial charge in [-0.3, -0.25) is 4.79 Å². The summed E-state index contributed by atoms with van der Waals surface area (Å²) < 4.78 is 41.2. The second-order valence-corrected chi connectivity index (χ2v) is 10.1. The van der Waals surface area contributed by atoms with Gasteiger partial charge in [0.2, 0.25) is 11.9 Å². The molecule has 2 aliphatic rings. The number of nitrogens with zero attached hydrogens (tertiary/aromatic N) is 3. The summed E-state index contributed by atoms with van der Waals surface area (Å²) in [4.78, 5) is 23.1. The molecule has 0 radical (unpaired) electrons. The largest absolute Gasteiger partial charge is 0.421 e. The molecule has 1 aliphatic carbocycles. The first-order valence-corrected chi connectivity index (χ1v) is 13.0. The van der Waals surface area contributed by atoms with Gasteiger partial charge in [0.15, 0.2) is 0 Å². The van der Waals surface area contributed by atoms with Gasteiger partial charge in [-0.25, -0.2) is 4.98 Å². The third kappa shape index (κ3) is 7.03. The molecule has 0 bridgehead atoms. The maximum Gasteiger partial charge on any atom is 0.421 e. The van der Waals surface area contributed by atoms with Crippen LogP contribution in [0.4, 0.5) is 36.3 Å². The molecular formula is C26H36F3N7O. The summed E-state index contributed by atoms with van der Waals surface area (Å²) in [6, 6.07) is 7.45. The molecule has 2 heterocycles. The SMILES string of the molecule is CCN1CCC(Nc2ccc(Nc3ncc(C(F)(F)F)c(N[C@@H]4CCC[C@@H]4C(=O)NC(C)C)n3)cc2)C1. The Kier molecular flexibility index (Phi) is 8.41. The van der Waals surface area contributed by atoms with Crippen LogP contribution < -0.4 is 21.3 Å². The van der Waals surface area contributed by atoms with E-state index in [1.54, 1.807) is 0 Å². The number of carbonyl (C=O) groups excluding carboxylic acids is 1. The summed E-state index contributed by atoms with van der Waals surface area (Å²) in [6.45, 7) is 9.00. The fourth-order valence-electron chi connectivity index (χ4n) is 5.03. The van der Waals surface area contributed by atoms with Crippen LogP contribution in [0.3, 0.4) is 0 Å². The van der Waals surface area contributed by atoms with E-state index in [0.717, 1.165) is 44.4 Å². The first kappa shape index (κ1) is 27.0. The normalized spacial score (nSPS) is 22.3. The minimum Gasteiger partial charge on any atom is -0.381 e. The molecular weight excluding hydrogens is 483 g/mol. The van der Waals surface area contributed by atoms with Gasteiger partial charge in [-0.05, 0) is 63.9 Å². The lowest BCUT2D eigenvalue weighted by Crippen LogP contribution is -2.41. The molecule has 1 amide bonds. The molecule has 1 saturated heterocycles. The van der Waals surface area contributed by atoms with Crippen LogP contribution in [0, 0.1) is 5.92 Å². The lowest BCUT2D eigenvalue weighted by Gasteiger charge is -2.24. The van der Waals surface area contributed by atoms with Crippen molar-refractivity contribution in [3.63, 3.8) is 0 Å². The van der Waals surface area contributed by atoms with Gasteiger partial charge in [0, 0.05) is 48.8 Å². The number of likely N-dealkylation sites (N-methyl/N-ethyl adjacent to an activating group) is 1. The summed E-state index contributed by atoms with van der Waals surface area (Å²) in [5.74, 6) is -0.843. The number of nitrogens with one attached hydrogen (secondary N) is 4. The van der Waals surface area contributed by atoms with Crippen LogP contribution in [0.1, 0.15) is 52.0 Å². The van der Waals surface area contributed by atoms with Crippen molar-refractivity contribution in [2.24, 2.45) is 5.92 Å². The third-order valence-corrected chi connectivity index (χ3v) is 6.93. The van der Waals surface area contributed by atoms with Crippen molar-refractivity contribution >= 4 is 29.0 Å². The number of benzene rings is 1. The van der Waals surface area contributed by atoms with E-state index in [1.807, 2.05) is 38.1 Å². The van der Waals surface area contributed by atoms with Gasteiger partial charge in [-0.15, -0.1) is 0 Å². The number of halogens is 3. The van der Waals surface area contributed by atoms with Gasteiger partial charge in [-0.2, -0.15) is 18.2 Å². The van der Waals surface area contributed by atoms with Crippen molar-refractivity contribution in [1.29, 1.82) is 0 Å². The smallest absolute Gasteiger partial charge is 0.381 e.